The first-order chi connectivity index (χ1) is 16.2. The predicted molar refractivity (Wildman–Crippen MR) is 129 cm³/mol. The van der Waals surface area contributed by atoms with Gasteiger partial charge in [0.25, 0.3) is 15.9 Å². The Morgan fingerprint density at radius 3 is 2.43 bits per heavy atom. The molecule has 1 aliphatic rings. The van der Waals surface area contributed by atoms with E-state index in [1.54, 1.807) is 42.6 Å². The molecule has 3 aromatic heterocycles. The molecule has 1 amide bonds. The molecule has 3 heterocycles. The Labute approximate surface area is 209 Å². The van der Waals surface area contributed by atoms with Crippen LogP contribution in [0.5, 0.6) is 5.88 Å². The Kier molecular flexibility index (Phi) is 6.00. The van der Waals surface area contributed by atoms with Crippen LogP contribution >= 0.6 is 11.6 Å². The first-order valence-electron chi connectivity index (χ1n) is 11.1. The molecule has 1 aliphatic carbocycles. The van der Waals surface area contributed by atoms with E-state index in [0.29, 0.717) is 29.9 Å². The zero-order valence-corrected chi connectivity index (χ0v) is 22.4. The van der Waals surface area contributed by atoms with Crippen LogP contribution in [0.1, 0.15) is 43.7 Å². The molecule has 12 heteroatoms. The fraction of sp³-hybridized carbons (Fsp3) is 0.478. The van der Waals surface area contributed by atoms with Gasteiger partial charge in [0, 0.05) is 18.2 Å². The van der Waals surface area contributed by atoms with Gasteiger partial charge < -0.3 is 4.74 Å². The molecule has 0 atom stereocenters. The number of aromatic nitrogens is 5. The summed E-state index contributed by atoms with van der Waals surface area (Å²) in [4.78, 5) is 16.9. The summed E-state index contributed by atoms with van der Waals surface area (Å²) in [7, 11) is -0.684. The van der Waals surface area contributed by atoms with Crippen molar-refractivity contribution in [1.29, 1.82) is 0 Å². The molecule has 0 saturated heterocycles. The minimum Gasteiger partial charge on any atom is -0.476 e. The summed E-state index contributed by atoms with van der Waals surface area (Å²) in [5.41, 5.74) is 0.841. The van der Waals surface area contributed by atoms with E-state index >= 15 is 0 Å². The van der Waals surface area contributed by atoms with E-state index in [-0.39, 0.29) is 26.4 Å². The summed E-state index contributed by atoms with van der Waals surface area (Å²) in [5.74, 6) is 0.381. The van der Waals surface area contributed by atoms with Crippen molar-refractivity contribution < 1.29 is 22.6 Å². The minimum absolute atomic E-state index is 0.00130. The molecule has 1 fully saturated rings. The zero-order valence-electron chi connectivity index (χ0n) is 20.8. The number of sulfonamides is 1. The number of amides is 1. The molecule has 0 spiro atoms. The lowest BCUT2D eigenvalue weighted by Crippen LogP contribution is -2.36. The van der Waals surface area contributed by atoms with E-state index in [1.165, 1.54) is 23.0 Å². The van der Waals surface area contributed by atoms with Crippen LogP contribution in [-0.2, 0) is 24.1 Å². The van der Waals surface area contributed by atoms with Gasteiger partial charge in [-0.1, -0.05) is 39.3 Å². The quantitative estimate of drug-likeness (QED) is 0.378. The van der Waals surface area contributed by atoms with Gasteiger partial charge in [-0.3, -0.25) is 4.79 Å². The van der Waals surface area contributed by atoms with Crippen molar-refractivity contribution in [1.82, 2.24) is 24.2 Å². The lowest BCUT2D eigenvalue weighted by Gasteiger charge is -2.08. The van der Waals surface area contributed by atoms with Crippen molar-refractivity contribution in [2.24, 2.45) is 30.8 Å². The molecular weight excluding hydrogens is 492 g/mol. The van der Waals surface area contributed by atoms with Gasteiger partial charge in [-0.05, 0) is 29.9 Å². The van der Waals surface area contributed by atoms with Gasteiger partial charge in [0.1, 0.15) is 5.15 Å². The third kappa shape index (κ3) is 4.31. The number of hydrogen-bond acceptors (Lipinski definition) is 6. The fourth-order valence-corrected chi connectivity index (χ4v) is 5.91. The molecule has 1 saturated carbocycles. The number of carbonyl (C=O) groups is 1. The normalized spacial score (nSPS) is 16.8. The van der Waals surface area contributed by atoms with Gasteiger partial charge in [-0.25, -0.2) is 22.8 Å². The average Bonchev–Trinajstić information content (AvgIpc) is 3.14. The van der Waals surface area contributed by atoms with Gasteiger partial charge in [0.05, 0.1) is 24.9 Å². The van der Waals surface area contributed by atoms with E-state index in [2.05, 4.69) is 42.5 Å². The van der Waals surface area contributed by atoms with Crippen LogP contribution in [0.15, 0.2) is 35.5 Å². The van der Waals surface area contributed by atoms with Crippen LogP contribution in [-0.4, -0.2) is 40.4 Å². The van der Waals surface area contributed by atoms with Crippen LogP contribution in [0.25, 0.3) is 5.82 Å². The van der Waals surface area contributed by atoms with Crippen LogP contribution in [0.2, 0.25) is 5.15 Å². The first kappa shape index (κ1) is 25.2. The van der Waals surface area contributed by atoms with E-state index in [4.69, 9.17) is 16.3 Å². The topological polar surface area (TPSA) is 112 Å². The van der Waals surface area contributed by atoms with E-state index in [0.717, 1.165) is 0 Å². The third-order valence-electron chi connectivity index (χ3n) is 7.73. The largest absolute Gasteiger partial charge is 0.476 e. The molecule has 0 aliphatic heterocycles. The second-order valence-corrected chi connectivity index (χ2v) is 12.0. The van der Waals surface area contributed by atoms with Crippen LogP contribution < -0.4 is 14.1 Å². The maximum atomic E-state index is 12.7. The highest BCUT2D eigenvalue weighted by Crippen LogP contribution is 2.68. The Morgan fingerprint density at radius 2 is 1.89 bits per heavy atom. The van der Waals surface area contributed by atoms with Crippen molar-refractivity contribution in [3.63, 3.8) is 0 Å². The molecule has 188 valence electrons. The summed E-state index contributed by atoms with van der Waals surface area (Å²) in [6.07, 6.45) is 3.11. The Balaban J connectivity index is 1.46. The highest BCUT2D eigenvalue weighted by molar-refractivity contribution is 7.90. The summed E-state index contributed by atoms with van der Waals surface area (Å²) in [6.45, 7) is 11.1. The highest BCUT2D eigenvalue weighted by Gasteiger charge is 2.64. The van der Waals surface area contributed by atoms with Gasteiger partial charge >= 0.3 is 0 Å². The summed E-state index contributed by atoms with van der Waals surface area (Å²) >= 11 is 6.24. The first-order valence-corrected chi connectivity index (χ1v) is 13.0. The molecule has 0 aromatic carbocycles. The van der Waals surface area contributed by atoms with Gasteiger partial charge in [0.15, 0.2) is 17.8 Å². The second kappa shape index (κ2) is 8.34. The summed E-state index contributed by atoms with van der Waals surface area (Å²) in [5, 5.41) is 4.23. The number of aryl methyl sites for hydroxylation is 1. The van der Waals surface area contributed by atoms with E-state index < -0.39 is 15.9 Å². The number of halogens is 1. The van der Waals surface area contributed by atoms with Crippen molar-refractivity contribution in [3.8, 4) is 11.7 Å². The molecule has 35 heavy (non-hydrogen) atoms. The molecule has 1 N–H and O–H groups in total. The molecule has 0 unspecified atom stereocenters. The smallest absolute Gasteiger partial charge is 0.272 e. The molecule has 0 bridgehead atoms. The lowest BCUT2D eigenvalue weighted by molar-refractivity contribution is -0.752. The number of nitrogens with one attached hydrogen (secondary N) is 1. The van der Waals surface area contributed by atoms with Crippen molar-refractivity contribution in [3.05, 3.63) is 47.0 Å². The summed E-state index contributed by atoms with van der Waals surface area (Å²) < 4.78 is 38.2. The number of pyridine rings is 1. The lowest BCUT2D eigenvalue weighted by atomic mass is 10.0. The van der Waals surface area contributed by atoms with Gasteiger partial charge in [-0.2, -0.15) is 4.68 Å². The number of rotatable bonds is 7. The Hall–Kier alpha value is -2.92. The number of ether oxygens (including phenoxy) is 1. The van der Waals surface area contributed by atoms with Crippen molar-refractivity contribution in [2.75, 3.05) is 6.61 Å². The monoisotopic (exact) mass is 521 g/mol. The minimum atomic E-state index is -4.10. The standard InChI is InChI=1S/C23H29ClN6O4S/c1-14-16(12-28(6)29(14)7)35(32,33)27-21(31)15-8-9-18(25-20(15)24)30-11-10-19(26-30)34-13-17-22(2,3)23(17,4)5/h8-12,17H,13H2,1-7H3/p+1. The zero-order chi connectivity index (χ0) is 25.9. The molecule has 10 nitrogen and oxygen atoms in total. The predicted octanol–water partition coefficient (Wildman–Crippen LogP) is 2.57. The third-order valence-corrected chi connectivity index (χ3v) is 9.45. The second-order valence-electron chi connectivity index (χ2n) is 10.0. The number of hydrogen-bond donors (Lipinski definition) is 1. The molecular formula is C23H30ClN6O4S+. The van der Waals surface area contributed by atoms with E-state index in [1.807, 2.05) is 0 Å². The Morgan fingerprint density at radius 1 is 1.23 bits per heavy atom. The summed E-state index contributed by atoms with van der Waals surface area (Å²) in [6, 6.07) is 4.67. The maximum Gasteiger partial charge on any atom is 0.272 e. The van der Waals surface area contributed by atoms with Gasteiger partial charge in [0.2, 0.25) is 12.1 Å². The SMILES string of the molecule is Cc1c(S(=O)(=O)NC(=O)c2ccc(-n3ccc(OCC4C(C)(C)C4(C)C)n3)nc2Cl)c[n+](C)n1C. The van der Waals surface area contributed by atoms with Crippen LogP contribution in [0, 0.1) is 23.7 Å². The Bertz CT molecular complexity index is 1410. The van der Waals surface area contributed by atoms with Gasteiger partial charge in [-0.15, -0.1) is 9.78 Å². The molecule has 3 aromatic rings. The number of carbonyl (C=O) groups excluding carboxylic acids is 1. The van der Waals surface area contributed by atoms with E-state index in [9.17, 15) is 13.2 Å². The molecule has 4 rings (SSSR count). The van der Waals surface area contributed by atoms with Crippen LogP contribution in [0.4, 0.5) is 0 Å². The molecule has 0 radical (unpaired) electrons. The maximum absolute atomic E-state index is 12.7. The highest BCUT2D eigenvalue weighted by atomic mass is 35.5. The average molecular weight is 522 g/mol. The van der Waals surface area contributed by atoms with Crippen LogP contribution in [0.3, 0.4) is 0 Å². The van der Waals surface area contributed by atoms with Crippen molar-refractivity contribution >= 4 is 27.5 Å². The van der Waals surface area contributed by atoms with Crippen molar-refractivity contribution in [2.45, 2.75) is 39.5 Å². The number of nitrogens with zero attached hydrogens (tertiary/aromatic N) is 5. The fourth-order valence-electron chi connectivity index (χ4n) is 4.39.